The van der Waals surface area contributed by atoms with Gasteiger partial charge in [0.2, 0.25) is 0 Å². The van der Waals surface area contributed by atoms with Gasteiger partial charge in [-0.25, -0.2) is 9.65 Å². The molecule has 2 aliphatic heterocycles. The van der Waals surface area contributed by atoms with Crippen molar-refractivity contribution in [2.75, 3.05) is 39.8 Å². The molecule has 14 nitrogen and oxygen atoms in total. The zero-order valence-electron chi connectivity index (χ0n) is 32.7. The average Bonchev–Trinajstić information content (AvgIpc) is 3.88. The molecule has 0 spiro atoms. The summed E-state index contributed by atoms with van der Waals surface area (Å²) in [5.41, 5.74) is 6.50. The van der Waals surface area contributed by atoms with E-state index in [1.165, 1.54) is 6.33 Å². The van der Waals surface area contributed by atoms with Crippen molar-refractivity contribution in [2.45, 2.75) is 75.8 Å². The van der Waals surface area contributed by atoms with Crippen molar-refractivity contribution in [2.24, 2.45) is 0 Å². The van der Waals surface area contributed by atoms with Crippen LogP contribution in [0.1, 0.15) is 57.0 Å². The van der Waals surface area contributed by atoms with Crippen molar-refractivity contribution >= 4 is 25.5 Å². The van der Waals surface area contributed by atoms with Crippen LogP contribution in [0.25, 0.3) is 11.2 Å². The van der Waals surface area contributed by atoms with E-state index in [1.807, 2.05) is 78.9 Å². The predicted molar refractivity (Wildman–Crippen MR) is 211 cm³/mol. The van der Waals surface area contributed by atoms with Gasteiger partial charge < -0.3 is 38.5 Å². The number of aromatic nitrogens is 4. The highest BCUT2D eigenvalue weighted by atomic mass is 31.2. The quantitative estimate of drug-likeness (QED) is 0.0448. The van der Waals surface area contributed by atoms with E-state index in [2.05, 4.69) is 53.4 Å². The van der Waals surface area contributed by atoms with E-state index < -0.39 is 44.2 Å². The summed E-state index contributed by atoms with van der Waals surface area (Å²) >= 11 is 0. The highest BCUT2D eigenvalue weighted by Crippen LogP contribution is 2.56. The zero-order valence-corrected chi connectivity index (χ0v) is 33.6. The largest absolute Gasteiger partial charge is 0.497 e. The number of benzene rings is 3. The maximum atomic E-state index is 14.7. The number of methoxy groups -OCH3 is 2. The summed E-state index contributed by atoms with van der Waals surface area (Å²) in [4.78, 5) is 12.1. The second kappa shape index (κ2) is 17.0. The lowest BCUT2D eigenvalue weighted by Crippen LogP contribution is -2.49. The summed E-state index contributed by atoms with van der Waals surface area (Å²) in [7, 11) is 1.48. The van der Waals surface area contributed by atoms with Gasteiger partial charge in [-0.05, 0) is 68.7 Å². The minimum absolute atomic E-state index is 0.0261. The second-order valence-electron chi connectivity index (χ2n) is 14.4. The Labute approximate surface area is 332 Å². The third kappa shape index (κ3) is 7.67. The molecule has 0 amide bonds. The van der Waals surface area contributed by atoms with Gasteiger partial charge in [-0.3, -0.25) is 4.57 Å². The number of hydrogen-bond donors (Lipinski definition) is 1. The predicted octanol–water partition coefficient (Wildman–Crippen LogP) is 6.90. The first-order chi connectivity index (χ1) is 27.5. The smallest absolute Gasteiger partial charge is 0.312 e. The molecule has 5 unspecified atom stereocenters. The van der Waals surface area contributed by atoms with E-state index in [0.717, 1.165) is 16.7 Å². The van der Waals surface area contributed by atoms with Gasteiger partial charge in [0.15, 0.2) is 23.2 Å². The number of nitriles is 1. The van der Waals surface area contributed by atoms with Gasteiger partial charge in [0.25, 0.3) is 8.53 Å². The molecular weight excluding hydrogens is 752 g/mol. The number of nitrogens with two attached hydrogens (primary N) is 1. The Morgan fingerprint density at radius 2 is 1.58 bits per heavy atom. The Hall–Kier alpha value is -4.78. The average molecular weight is 800 g/mol. The lowest BCUT2D eigenvalue weighted by Gasteiger charge is -2.41. The van der Waals surface area contributed by atoms with Gasteiger partial charge in [-0.1, -0.05) is 54.6 Å². The number of ether oxygens (including phenoxy) is 5. The van der Waals surface area contributed by atoms with Gasteiger partial charge in [-0.15, -0.1) is 0 Å². The molecule has 0 aliphatic carbocycles. The second-order valence-corrected chi connectivity index (χ2v) is 15.8. The fourth-order valence-electron chi connectivity index (χ4n) is 7.67. The molecule has 2 saturated heterocycles. The van der Waals surface area contributed by atoms with Gasteiger partial charge in [0.05, 0.1) is 52.9 Å². The lowest BCUT2D eigenvalue weighted by molar-refractivity contribution is -0.202. The van der Waals surface area contributed by atoms with Crippen LogP contribution in [0.15, 0.2) is 85.2 Å². The van der Waals surface area contributed by atoms with E-state index in [9.17, 15) is 9.65 Å². The van der Waals surface area contributed by atoms with Crippen molar-refractivity contribution in [1.82, 2.24) is 24.2 Å². The molecule has 2 aliphatic rings. The SMILES string of the molecule is COc1ccc(C(OCC23COC(C(n4cnc5c(N)nc(F)nc54)O2)C3OP(OCCC#N)N(C(C)C)C(C)C)(c2ccccc2)c2ccc(OC)cc2)cc1. The van der Waals surface area contributed by atoms with Crippen LogP contribution < -0.4 is 15.2 Å². The first-order valence-electron chi connectivity index (χ1n) is 18.7. The van der Waals surface area contributed by atoms with E-state index >= 15 is 0 Å². The van der Waals surface area contributed by atoms with E-state index in [-0.39, 0.29) is 55.3 Å². The fraction of sp³-hybridized carbons (Fsp3) is 0.415. The van der Waals surface area contributed by atoms with E-state index in [4.69, 9.17) is 38.5 Å². The number of nitrogens with zero attached hydrogens (tertiary/aromatic N) is 6. The normalized spacial score (nSPS) is 21.1. The zero-order chi connectivity index (χ0) is 40.3. The lowest BCUT2D eigenvalue weighted by atomic mass is 9.79. The minimum Gasteiger partial charge on any atom is -0.497 e. The van der Waals surface area contributed by atoms with Crippen molar-refractivity contribution in [3.05, 3.63) is 108 Å². The molecular formula is C41H47FN7O7P. The number of fused-ring (bicyclic) bond motifs is 3. The van der Waals surface area contributed by atoms with Crippen LogP contribution in [0.3, 0.4) is 0 Å². The van der Waals surface area contributed by atoms with Crippen LogP contribution in [0.5, 0.6) is 11.5 Å². The Morgan fingerprint density at radius 1 is 0.965 bits per heavy atom. The number of halogens is 1. The van der Waals surface area contributed by atoms with Crippen LogP contribution in [-0.2, 0) is 28.9 Å². The van der Waals surface area contributed by atoms with Crippen LogP contribution in [-0.4, -0.2) is 88.1 Å². The van der Waals surface area contributed by atoms with Gasteiger partial charge >= 0.3 is 6.08 Å². The summed E-state index contributed by atoms with van der Waals surface area (Å²) in [6.45, 7) is 8.49. The van der Waals surface area contributed by atoms with Crippen LogP contribution in [0.2, 0.25) is 0 Å². The molecule has 2 fully saturated rings. The van der Waals surface area contributed by atoms with Gasteiger partial charge in [0, 0.05) is 12.1 Å². The Morgan fingerprint density at radius 3 is 2.16 bits per heavy atom. The van der Waals surface area contributed by atoms with Crippen molar-refractivity contribution < 1.29 is 37.1 Å². The molecule has 5 aromatic rings. The van der Waals surface area contributed by atoms with E-state index in [1.54, 1.807) is 18.8 Å². The Bertz CT molecular complexity index is 2120. The molecule has 2 N–H and O–H groups in total. The van der Waals surface area contributed by atoms with Gasteiger partial charge in [-0.2, -0.15) is 19.6 Å². The highest BCUT2D eigenvalue weighted by molar-refractivity contribution is 7.44. The minimum atomic E-state index is -1.77. The molecule has 2 aromatic heterocycles. The summed E-state index contributed by atoms with van der Waals surface area (Å²) < 4.78 is 64.0. The fourth-order valence-corrected chi connectivity index (χ4v) is 9.48. The standard InChI is InChI=1S/C41H47FN7O7P/c1-26(2)49(27(3)4)57(54-22-10-21-43)56-35-34-38(48-25-45-33-36(44)46-39(42)47-37(33)48)55-40(35,23-52-34)24-53-41(28-11-8-7-9-12-28,29-13-17-31(50-5)18-14-29)30-15-19-32(51-6)20-16-30/h7-9,11-20,25-27,34-35,38H,10,22-24H2,1-6H3,(H2,44,46,47). The van der Waals surface area contributed by atoms with Crippen molar-refractivity contribution in [1.29, 1.82) is 5.26 Å². The number of anilines is 1. The van der Waals surface area contributed by atoms with Crippen molar-refractivity contribution in [3.63, 3.8) is 0 Å². The Balaban J connectivity index is 1.36. The molecule has 57 heavy (non-hydrogen) atoms. The van der Waals surface area contributed by atoms with Crippen molar-refractivity contribution in [3.8, 4) is 17.6 Å². The molecule has 3 aromatic carbocycles. The summed E-state index contributed by atoms with van der Waals surface area (Å²) in [5.74, 6) is 1.28. The summed E-state index contributed by atoms with van der Waals surface area (Å²) in [5, 5.41) is 9.41. The summed E-state index contributed by atoms with van der Waals surface area (Å²) in [6.07, 6.45) is -1.74. The monoisotopic (exact) mass is 799 g/mol. The molecule has 300 valence electrons. The third-order valence-electron chi connectivity index (χ3n) is 10.2. The number of rotatable bonds is 17. The van der Waals surface area contributed by atoms with Crippen LogP contribution in [0, 0.1) is 17.4 Å². The molecule has 4 heterocycles. The Kier molecular flexibility index (Phi) is 12.0. The number of hydrogen-bond acceptors (Lipinski definition) is 13. The molecule has 0 saturated carbocycles. The highest BCUT2D eigenvalue weighted by Gasteiger charge is 2.65. The van der Waals surface area contributed by atoms with E-state index in [0.29, 0.717) is 11.5 Å². The van der Waals surface area contributed by atoms with Crippen LogP contribution in [0.4, 0.5) is 10.2 Å². The van der Waals surface area contributed by atoms with Crippen LogP contribution >= 0.6 is 8.53 Å². The summed E-state index contributed by atoms with van der Waals surface area (Å²) in [6, 6.07) is 27.7. The third-order valence-corrected chi connectivity index (χ3v) is 12.4. The molecule has 5 atom stereocenters. The first kappa shape index (κ1) is 40.4. The maximum Gasteiger partial charge on any atom is 0.312 e. The maximum absolute atomic E-state index is 14.7. The molecule has 7 rings (SSSR count). The molecule has 0 radical (unpaired) electrons. The first-order valence-corrected chi connectivity index (χ1v) is 19.9. The topological polar surface area (TPSA) is 161 Å². The molecule has 2 bridgehead atoms. The molecule has 16 heteroatoms. The number of nitrogen functional groups attached to an aromatic ring is 1. The van der Waals surface area contributed by atoms with Gasteiger partial charge in [0.1, 0.15) is 34.9 Å². The number of imidazole rings is 1.